The van der Waals surface area contributed by atoms with Crippen molar-refractivity contribution in [1.82, 2.24) is 16.0 Å². The van der Waals surface area contributed by atoms with Crippen molar-refractivity contribution in [1.29, 1.82) is 0 Å². The van der Waals surface area contributed by atoms with Crippen LogP contribution in [0.4, 0.5) is 0 Å². The highest BCUT2D eigenvalue weighted by Crippen LogP contribution is 2.19. The van der Waals surface area contributed by atoms with E-state index < -0.39 is 11.8 Å². The van der Waals surface area contributed by atoms with Gasteiger partial charge in [-0.05, 0) is 6.92 Å². The van der Waals surface area contributed by atoms with Gasteiger partial charge < -0.3 is 4.52 Å². The van der Waals surface area contributed by atoms with E-state index >= 15 is 0 Å². The van der Waals surface area contributed by atoms with Crippen LogP contribution in [0, 0.1) is 0 Å². The lowest BCUT2D eigenvalue weighted by Gasteiger charge is -2.01. The standard InChI is InChI=1S/C16H15N3O3/c1-2-3-5-10-15(20)17-18-16(21)13-11-14(22-19-13)12-8-6-4-7-9-12/h2-11H,1H3,(H,17,20)(H,18,21)/b3-2+,10-5+. The van der Waals surface area contributed by atoms with Gasteiger partial charge in [0.2, 0.25) is 0 Å². The monoisotopic (exact) mass is 297 g/mol. The summed E-state index contributed by atoms with van der Waals surface area (Å²) in [6.45, 7) is 1.83. The molecule has 2 N–H and O–H groups in total. The molecule has 0 saturated carbocycles. The van der Waals surface area contributed by atoms with Crippen molar-refractivity contribution in [2.45, 2.75) is 6.92 Å². The first-order valence-corrected chi connectivity index (χ1v) is 6.62. The minimum absolute atomic E-state index is 0.0802. The summed E-state index contributed by atoms with van der Waals surface area (Å²) in [5.74, 6) is -0.526. The van der Waals surface area contributed by atoms with E-state index in [2.05, 4.69) is 16.0 Å². The molecule has 0 spiro atoms. The van der Waals surface area contributed by atoms with E-state index in [-0.39, 0.29) is 5.69 Å². The van der Waals surface area contributed by atoms with Crippen molar-refractivity contribution in [2.24, 2.45) is 0 Å². The molecule has 0 aliphatic heterocycles. The quantitative estimate of drug-likeness (QED) is 0.515. The molecule has 1 heterocycles. The van der Waals surface area contributed by atoms with Gasteiger partial charge in [-0.15, -0.1) is 0 Å². The van der Waals surface area contributed by atoms with Crippen LogP contribution in [0.15, 0.2) is 65.2 Å². The Kier molecular flexibility index (Phi) is 5.25. The van der Waals surface area contributed by atoms with Crippen LogP contribution in [0.5, 0.6) is 0 Å². The fourth-order valence-electron chi connectivity index (χ4n) is 1.60. The summed E-state index contributed by atoms with van der Waals surface area (Å²) in [6.07, 6.45) is 6.33. The molecule has 2 amide bonds. The van der Waals surface area contributed by atoms with Crippen molar-refractivity contribution < 1.29 is 14.1 Å². The number of carbonyl (C=O) groups is 2. The van der Waals surface area contributed by atoms with Crippen LogP contribution in [-0.4, -0.2) is 17.0 Å². The molecule has 0 radical (unpaired) electrons. The Hall–Kier alpha value is -3.15. The molecule has 0 fully saturated rings. The number of allylic oxidation sites excluding steroid dienone is 3. The van der Waals surface area contributed by atoms with Crippen LogP contribution >= 0.6 is 0 Å². The maximum atomic E-state index is 11.8. The van der Waals surface area contributed by atoms with Crippen LogP contribution in [0.3, 0.4) is 0 Å². The van der Waals surface area contributed by atoms with Crippen LogP contribution < -0.4 is 10.9 Å². The number of benzene rings is 1. The molecule has 1 aromatic carbocycles. The second-order valence-corrected chi connectivity index (χ2v) is 4.27. The average Bonchev–Trinajstić information content (AvgIpc) is 3.04. The number of rotatable bonds is 4. The van der Waals surface area contributed by atoms with Gasteiger partial charge >= 0.3 is 0 Å². The lowest BCUT2D eigenvalue weighted by Crippen LogP contribution is -2.40. The fourth-order valence-corrected chi connectivity index (χ4v) is 1.60. The smallest absolute Gasteiger partial charge is 0.291 e. The van der Waals surface area contributed by atoms with Gasteiger partial charge in [-0.2, -0.15) is 0 Å². The molecule has 0 saturated heterocycles. The third-order valence-electron chi connectivity index (χ3n) is 2.65. The molecule has 6 heteroatoms. The molecule has 22 heavy (non-hydrogen) atoms. The molecule has 2 aromatic rings. The molecule has 2 rings (SSSR count). The molecule has 0 aliphatic carbocycles. The van der Waals surface area contributed by atoms with E-state index in [1.165, 1.54) is 12.1 Å². The zero-order valence-electron chi connectivity index (χ0n) is 11.9. The minimum Gasteiger partial charge on any atom is -0.355 e. The van der Waals surface area contributed by atoms with Crippen molar-refractivity contribution in [3.05, 3.63) is 66.4 Å². The van der Waals surface area contributed by atoms with Crippen LogP contribution in [0.25, 0.3) is 11.3 Å². The lowest BCUT2D eigenvalue weighted by atomic mass is 10.1. The second-order valence-electron chi connectivity index (χ2n) is 4.27. The predicted molar refractivity (Wildman–Crippen MR) is 81.5 cm³/mol. The van der Waals surface area contributed by atoms with Crippen molar-refractivity contribution in [3.63, 3.8) is 0 Å². The van der Waals surface area contributed by atoms with E-state index in [1.54, 1.807) is 18.2 Å². The molecular formula is C16H15N3O3. The average molecular weight is 297 g/mol. The number of nitrogens with zero attached hydrogens (tertiary/aromatic N) is 1. The summed E-state index contributed by atoms with van der Waals surface area (Å²) < 4.78 is 5.11. The SMILES string of the molecule is C/C=C/C=C/C(=O)NNC(=O)c1cc(-c2ccccc2)on1. The van der Waals surface area contributed by atoms with E-state index in [0.29, 0.717) is 5.76 Å². The highest BCUT2D eigenvalue weighted by Gasteiger charge is 2.13. The topological polar surface area (TPSA) is 84.2 Å². The van der Waals surface area contributed by atoms with E-state index in [9.17, 15) is 9.59 Å². The van der Waals surface area contributed by atoms with Crippen LogP contribution in [0.1, 0.15) is 17.4 Å². The van der Waals surface area contributed by atoms with Crippen molar-refractivity contribution in [2.75, 3.05) is 0 Å². The molecule has 6 nitrogen and oxygen atoms in total. The number of hydrogen-bond acceptors (Lipinski definition) is 4. The van der Waals surface area contributed by atoms with E-state index in [1.807, 2.05) is 37.3 Å². The molecule has 1 aromatic heterocycles. The van der Waals surface area contributed by atoms with Crippen LogP contribution in [0.2, 0.25) is 0 Å². The fraction of sp³-hybridized carbons (Fsp3) is 0.0625. The molecule has 0 unspecified atom stereocenters. The molecule has 0 aliphatic rings. The van der Waals surface area contributed by atoms with Gasteiger partial charge in [0.15, 0.2) is 11.5 Å². The van der Waals surface area contributed by atoms with Gasteiger partial charge in [-0.25, -0.2) is 0 Å². The van der Waals surface area contributed by atoms with E-state index in [4.69, 9.17) is 4.52 Å². The largest absolute Gasteiger partial charge is 0.355 e. The Morgan fingerprint density at radius 2 is 1.91 bits per heavy atom. The van der Waals surface area contributed by atoms with E-state index in [0.717, 1.165) is 5.56 Å². The third-order valence-corrected chi connectivity index (χ3v) is 2.65. The Morgan fingerprint density at radius 1 is 1.14 bits per heavy atom. The first kappa shape index (κ1) is 15.2. The Bertz CT molecular complexity index is 702. The van der Waals surface area contributed by atoms with Gasteiger partial charge in [-0.1, -0.05) is 53.7 Å². The Labute approximate surface area is 127 Å². The zero-order chi connectivity index (χ0) is 15.8. The summed E-state index contributed by atoms with van der Waals surface area (Å²) >= 11 is 0. The number of amides is 2. The minimum atomic E-state index is -0.557. The first-order chi connectivity index (χ1) is 10.7. The summed E-state index contributed by atoms with van der Waals surface area (Å²) in [5, 5.41) is 3.68. The van der Waals surface area contributed by atoms with Crippen molar-refractivity contribution >= 4 is 11.8 Å². The Balaban J connectivity index is 1.94. The number of nitrogens with one attached hydrogen (secondary N) is 2. The highest BCUT2D eigenvalue weighted by atomic mass is 16.5. The number of hydrazine groups is 1. The second kappa shape index (κ2) is 7.58. The highest BCUT2D eigenvalue weighted by molar-refractivity contribution is 5.96. The molecule has 0 atom stereocenters. The molecule has 112 valence electrons. The third kappa shape index (κ3) is 4.17. The zero-order valence-corrected chi connectivity index (χ0v) is 11.9. The first-order valence-electron chi connectivity index (χ1n) is 6.62. The molecule has 0 bridgehead atoms. The summed E-state index contributed by atoms with van der Waals surface area (Å²) in [4.78, 5) is 23.2. The normalized spacial score (nSPS) is 11.0. The number of carbonyl (C=O) groups excluding carboxylic acids is 2. The lowest BCUT2D eigenvalue weighted by molar-refractivity contribution is -0.117. The maximum Gasteiger partial charge on any atom is 0.291 e. The number of aromatic nitrogens is 1. The van der Waals surface area contributed by atoms with Crippen molar-refractivity contribution in [3.8, 4) is 11.3 Å². The maximum absolute atomic E-state index is 11.8. The molecular weight excluding hydrogens is 282 g/mol. The summed E-state index contributed by atoms with van der Waals surface area (Å²) in [5.41, 5.74) is 5.39. The van der Waals surface area contributed by atoms with Gasteiger partial charge in [0.1, 0.15) is 0 Å². The van der Waals surface area contributed by atoms with Gasteiger partial charge in [0.05, 0.1) is 0 Å². The predicted octanol–water partition coefficient (Wildman–Crippen LogP) is 2.23. The summed E-state index contributed by atoms with van der Waals surface area (Å²) in [6, 6.07) is 10.8. The van der Waals surface area contributed by atoms with Crippen LogP contribution in [-0.2, 0) is 4.79 Å². The van der Waals surface area contributed by atoms with Gasteiger partial charge in [0, 0.05) is 17.7 Å². The van der Waals surface area contributed by atoms with Gasteiger partial charge in [-0.3, -0.25) is 20.4 Å². The van der Waals surface area contributed by atoms with Gasteiger partial charge in [0.25, 0.3) is 11.8 Å². The number of hydrogen-bond donors (Lipinski definition) is 2. The summed E-state index contributed by atoms with van der Waals surface area (Å²) in [7, 11) is 0. The Morgan fingerprint density at radius 3 is 2.64 bits per heavy atom.